The van der Waals surface area contributed by atoms with E-state index in [0.717, 1.165) is 30.5 Å². The molecule has 0 N–H and O–H groups in total. The third kappa shape index (κ3) is 2.62. The Kier molecular flexibility index (Phi) is 3.85. The third-order valence-electron chi connectivity index (χ3n) is 3.65. The fourth-order valence-corrected chi connectivity index (χ4v) is 2.64. The van der Waals surface area contributed by atoms with E-state index in [1.807, 2.05) is 24.3 Å². The number of benzene rings is 1. The second-order valence-corrected chi connectivity index (χ2v) is 5.17. The van der Waals surface area contributed by atoms with Gasteiger partial charge in [-0.15, -0.1) is 0 Å². The summed E-state index contributed by atoms with van der Waals surface area (Å²) in [5.41, 5.74) is 0.747. The molecule has 0 bridgehead atoms. The molecule has 2 heterocycles. The van der Waals surface area contributed by atoms with Crippen LogP contribution in [0.2, 0.25) is 0 Å². The topological polar surface area (TPSA) is 42.7 Å². The number of fused-ring (bicyclic) bond motifs is 1. The number of carbonyl (C=O) groups is 1. The van der Waals surface area contributed by atoms with Gasteiger partial charge in [0.15, 0.2) is 5.76 Å². The standard InChI is InChI=1S/C16H19NO3/c1-2-7-17-8-9-19-15(11-17)16(18)14-10-12-5-3-4-6-13(12)20-14/h3-6,10,15H,2,7-9,11H2,1H3. The van der Waals surface area contributed by atoms with Gasteiger partial charge in [-0.1, -0.05) is 25.1 Å². The first-order valence-electron chi connectivity index (χ1n) is 7.14. The number of hydrogen-bond acceptors (Lipinski definition) is 4. The Balaban J connectivity index is 1.77. The molecule has 0 spiro atoms. The highest BCUT2D eigenvalue weighted by atomic mass is 16.5. The average Bonchev–Trinajstić information content (AvgIpc) is 2.91. The molecule has 1 aliphatic rings. The third-order valence-corrected chi connectivity index (χ3v) is 3.65. The van der Waals surface area contributed by atoms with Crippen LogP contribution in [-0.4, -0.2) is 43.0 Å². The molecule has 4 heteroatoms. The smallest absolute Gasteiger partial charge is 0.227 e. The van der Waals surface area contributed by atoms with Gasteiger partial charge in [0, 0.05) is 18.5 Å². The van der Waals surface area contributed by atoms with E-state index < -0.39 is 6.10 Å². The molecule has 0 radical (unpaired) electrons. The van der Waals surface area contributed by atoms with E-state index in [9.17, 15) is 4.79 Å². The Hall–Kier alpha value is -1.65. The lowest BCUT2D eigenvalue weighted by atomic mass is 10.1. The van der Waals surface area contributed by atoms with E-state index in [1.165, 1.54) is 0 Å². The molecule has 3 rings (SSSR count). The summed E-state index contributed by atoms with van der Waals surface area (Å²) in [6, 6.07) is 9.46. The summed E-state index contributed by atoms with van der Waals surface area (Å²) < 4.78 is 11.2. The van der Waals surface area contributed by atoms with E-state index in [0.29, 0.717) is 18.9 Å². The SMILES string of the molecule is CCCN1CCOC(C(=O)c2cc3ccccc3o2)C1. The number of ether oxygens (including phenoxy) is 1. The molecular weight excluding hydrogens is 254 g/mol. The Bertz CT molecular complexity index is 570. The predicted octanol–water partition coefficient (Wildman–Crippen LogP) is 2.73. The number of hydrogen-bond donors (Lipinski definition) is 0. The highest BCUT2D eigenvalue weighted by Gasteiger charge is 2.29. The average molecular weight is 273 g/mol. The van der Waals surface area contributed by atoms with Gasteiger partial charge in [-0.2, -0.15) is 0 Å². The highest BCUT2D eigenvalue weighted by molar-refractivity contribution is 6.00. The van der Waals surface area contributed by atoms with Gasteiger partial charge in [-0.25, -0.2) is 0 Å². The number of ketones is 1. The fourth-order valence-electron chi connectivity index (χ4n) is 2.64. The van der Waals surface area contributed by atoms with Gasteiger partial charge < -0.3 is 9.15 Å². The normalized spacial score (nSPS) is 20.4. The molecule has 1 saturated heterocycles. The maximum Gasteiger partial charge on any atom is 0.227 e. The van der Waals surface area contributed by atoms with Gasteiger partial charge in [-0.05, 0) is 25.1 Å². The number of para-hydroxylation sites is 1. The molecule has 0 saturated carbocycles. The minimum Gasteiger partial charge on any atom is -0.453 e. The summed E-state index contributed by atoms with van der Waals surface area (Å²) in [5.74, 6) is 0.344. The lowest BCUT2D eigenvalue weighted by Gasteiger charge is -2.31. The number of Topliss-reactive ketones (excluding diaryl/α,β-unsaturated/α-hetero) is 1. The lowest BCUT2D eigenvalue weighted by molar-refractivity contribution is -0.0175. The van der Waals surface area contributed by atoms with E-state index in [1.54, 1.807) is 6.07 Å². The summed E-state index contributed by atoms with van der Waals surface area (Å²) in [7, 11) is 0. The van der Waals surface area contributed by atoms with Crippen LogP contribution < -0.4 is 0 Å². The maximum atomic E-state index is 12.5. The molecule has 1 fully saturated rings. The Morgan fingerprint density at radius 2 is 2.25 bits per heavy atom. The molecule has 2 aromatic rings. The van der Waals surface area contributed by atoms with Crippen molar-refractivity contribution in [3.63, 3.8) is 0 Å². The van der Waals surface area contributed by atoms with Crippen molar-refractivity contribution < 1.29 is 13.9 Å². The molecular formula is C16H19NO3. The second kappa shape index (κ2) is 5.77. The van der Waals surface area contributed by atoms with Crippen LogP contribution in [0.3, 0.4) is 0 Å². The van der Waals surface area contributed by atoms with Crippen LogP contribution in [0.5, 0.6) is 0 Å². The number of morpholine rings is 1. The summed E-state index contributed by atoms with van der Waals surface area (Å²) in [4.78, 5) is 14.7. The lowest BCUT2D eigenvalue weighted by Crippen LogP contribution is -2.46. The van der Waals surface area contributed by atoms with Crippen molar-refractivity contribution >= 4 is 16.8 Å². The highest BCUT2D eigenvalue weighted by Crippen LogP contribution is 2.21. The first kappa shape index (κ1) is 13.3. The van der Waals surface area contributed by atoms with Gasteiger partial charge in [0.05, 0.1) is 6.61 Å². The van der Waals surface area contributed by atoms with Crippen molar-refractivity contribution in [2.24, 2.45) is 0 Å². The minimum absolute atomic E-state index is 0.0537. The molecule has 0 aliphatic carbocycles. The first-order valence-corrected chi connectivity index (χ1v) is 7.14. The van der Waals surface area contributed by atoms with E-state index in [-0.39, 0.29) is 5.78 Å². The Morgan fingerprint density at radius 1 is 1.40 bits per heavy atom. The van der Waals surface area contributed by atoms with Gasteiger partial charge in [-0.3, -0.25) is 9.69 Å². The van der Waals surface area contributed by atoms with E-state index in [2.05, 4.69) is 11.8 Å². The molecule has 20 heavy (non-hydrogen) atoms. The zero-order valence-electron chi connectivity index (χ0n) is 11.7. The van der Waals surface area contributed by atoms with Gasteiger partial charge >= 0.3 is 0 Å². The molecule has 1 aromatic heterocycles. The molecule has 1 aliphatic heterocycles. The van der Waals surface area contributed by atoms with Crippen LogP contribution in [-0.2, 0) is 4.74 Å². The minimum atomic E-state index is -0.407. The van der Waals surface area contributed by atoms with Crippen LogP contribution in [0.25, 0.3) is 11.0 Å². The van der Waals surface area contributed by atoms with Crippen molar-refractivity contribution in [1.29, 1.82) is 0 Å². The molecule has 106 valence electrons. The van der Waals surface area contributed by atoms with E-state index in [4.69, 9.17) is 9.15 Å². The van der Waals surface area contributed by atoms with Crippen molar-refractivity contribution in [1.82, 2.24) is 4.90 Å². The number of carbonyl (C=O) groups excluding carboxylic acids is 1. The first-order chi connectivity index (χ1) is 9.78. The van der Waals surface area contributed by atoms with Crippen LogP contribution in [0.15, 0.2) is 34.7 Å². The van der Waals surface area contributed by atoms with Crippen molar-refractivity contribution in [2.75, 3.05) is 26.2 Å². The summed E-state index contributed by atoms with van der Waals surface area (Å²) >= 11 is 0. The maximum absolute atomic E-state index is 12.5. The molecule has 1 aromatic carbocycles. The predicted molar refractivity (Wildman–Crippen MR) is 77.0 cm³/mol. The van der Waals surface area contributed by atoms with Crippen LogP contribution >= 0.6 is 0 Å². The molecule has 4 nitrogen and oxygen atoms in total. The van der Waals surface area contributed by atoms with E-state index >= 15 is 0 Å². The summed E-state index contributed by atoms with van der Waals surface area (Å²) in [6.07, 6.45) is 0.682. The molecule has 1 atom stereocenters. The second-order valence-electron chi connectivity index (χ2n) is 5.17. The van der Waals surface area contributed by atoms with Gasteiger partial charge in [0.2, 0.25) is 5.78 Å². The summed E-state index contributed by atoms with van der Waals surface area (Å²) in [5, 5.41) is 0.956. The Morgan fingerprint density at radius 3 is 3.05 bits per heavy atom. The monoisotopic (exact) mass is 273 g/mol. The Labute approximate surface area is 118 Å². The van der Waals surface area contributed by atoms with Crippen molar-refractivity contribution in [3.8, 4) is 0 Å². The zero-order chi connectivity index (χ0) is 13.9. The van der Waals surface area contributed by atoms with Crippen LogP contribution in [0, 0.1) is 0 Å². The van der Waals surface area contributed by atoms with Gasteiger partial charge in [0.1, 0.15) is 11.7 Å². The van der Waals surface area contributed by atoms with Gasteiger partial charge in [0.25, 0.3) is 0 Å². The molecule has 1 unspecified atom stereocenters. The van der Waals surface area contributed by atoms with Crippen LogP contribution in [0.1, 0.15) is 23.9 Å². The van der Waals surface area contributed by atoms with Crippen molar-refractivity contribution in [2.45, 2.75) is 19.4 Å². The fraction of sp³-hybridized carbons (Fsp3) is 0.438. The zero-order valence-corrected chi connectivity index (χ0v) is 11.7. The number of nitrogens with zero attached hydrogens (tertiary/aromatic N) is 1. The van der Waals surface area contributed by atoms with Crippen molar-refractivity contribution in [3.05, 3.63) is 36.1 Å². The number of rotatable bonds is 4. The summed E-state index contributed by atoms with van der Waals surface area (Å²) in [6.45, 7) is 5.32. The van der Waals surface area contributed by atoms with Crippen LogP contribution in [0.4, 0.5) is 0 Å². The molecule has 0 amide bonds. The largest absolute Gasteiger partial charge is 0.453 e. The number of furan rings is 1. The quantitative estimate of drug-likeness (QED) is 0.803.